The van der Waals surface area contributed by atoms with E-state index >= 15 is 0 Å². The largest absolute Gasteiger partial charge is 0.493 e. The van der Waals surface area contributed by atoms with Gasteiger partial charge in [0.15, 0.2) is 18.1 Å². The van der Waals surface area contributed by atoms with Gasteiger partial charge in [-0.05, 0) is 53.1 Å². The molecule has 0 radical (unpaired) electrons. The highest BCUT2D eigenvalue weighted by atomic mass is 32.2. The smallest absolute Gasteiger partial charge is 0.290 e. The number of hydrogen-bond acceptors (Lipinski definition) is 6. The molecule has 1 heterocycles. The molecule has 0 saturated carbocycles. The number of anilines is 1. The van der Waals surface area contributed by atoms with E-state index in [2.05, 4.69) is 24.5 Å². The van der Waals surface area contributed by atoms with Gasteiger partial charge in [0, 0.05) is 5.69 Å². The molecule has 2 aromatic carbocycles. The maximum absolute atomic E-state index is 12.4. The van der Waals surface area contributed by atoms with Crippen LogP contribution in [0, 0.1) is 0 Å². The van der Waals surface area contributed by atoms with E-state index in [0.717, 1.165) is 23.0 Å². The molecule has 7 nitrogen and oxygen atoms in total. The van der Waals surface area contributed by atoms with Gasteiger partial charge in [0.05, 0.1) is 12.0 Å². The van der Waals surface area contributed by atoms with Crippen molar-refractivity contribution in [2.24, 2.45) is 0 Å². The first-order valence-corrected chi connectivity index (χ1v) is 10.1. The number of ether oxygens (including phenoxy) is 2. The number of rotatable bonds is 7. The van der Waals surface area contributed by atoms with Crippen LogP contribution in [0.15, 0.2) is 47.4 Å². The van der Waals surface area contributed by atoms with Crippen LogP contribution in [0.25, 0.3) is 6.08 Å². The lowest BCUT2D eigenvalue weighted by Gasteiger charge is -2.15. The van der Waals surface area contributed by atoms with Crippen LogP contribution in [0.3, 0.4) is 0 Å². The third-order valence-electron chi connectivity index (χ3n) is 4.34. The van der Waals surface area contributed by atoms with E-state index in [1.807, 2.05) is 24.3 Å². The minimum Gasteiger partial charge on any atom is -0.493 e. The van der Waals surface area contributed by atoms with Gasteiger partial charge in [0.2, 0.25) is 0 Å². The van der Waals surface area contributed by atoms with E-state index in [4.69, 9.17) is 9.47 Å². The molecule has 30 heavy (non-hydrogen) atoms. The van der Waals surface area contributed by atoms with Gasteiger partial charge in [-0.2, -0.15) is 0 Å². The molecule has 2 aromatic rings. The minimum atomic E-state index is -0.428. The van der Waals surface area contributed by atoms with Crippen LogP contribution in [0.5, 0.6) is 11.5 Å². The highest BCUT2D eigenvalue weighted by Crippen LogP contribution is 2.31. The molecule has 0 unspecified atom stereocenters. The molecule has 3 rings (SSSR count). The van der Waals surface area contributed by atoms with E-state index < -0.39 is 11.1 Å². The summed E-state index contributed by atoms with van der Waals surface area (Å²) in [7, 11) is 1.48. The summed E-state index contributed by atoms with van der Waals surface area (Å²) in [4.78, 5) is 35.6. The van der Waals surface area contributed by atoms with Gasteiger partial charge in [-0.1, -0.05) is 38.1 Å². The molecule has 0 spiro atoms. The van der Waals surface area contributed by atoms with Gasteiger partial charge in [0.1, 0.15) is 0 Å². The van der Waals surface area contributed by atoms with Crippen LogP contribution in [-0.2, 0) is 9.59 Å². The second kappa shape index (κ2) is 9.49. The fourth-order valence-corrected chi connectivity index (χ4v) is 3.59. The number of methoxy groups -OCH3 is 1. The first-order valence-electron chi connectivity index (χ1n) is 9.32. The second-order valence-corrected chi connectivity index (χ2v) is 7.86. The second-order valence-electron chi connectivity index (χ2n) is 6.84. The Morgan fingerprint density at radius 3 is 2.60 bits per heavy atom. The Hall–Kier alpha value is -3.26. The van der Waals surface area contributed by atoms with Gasteiger partial charge in [0.25, 0.3) is 17.1 Å². The third-order valence-corrected chi connectivity index (χ3v) is 5.15. The predicted molar refractivity (Wildman–Crippen MR) is 117 cm³/mol. The van der Waals surface area contributed by atoms with Crippen molar-refractivity contribution in [3.63, 3.8) is 0 Å². The molecule has 0 atom stereocenters. The average molecular weight is 426 g/mol. The molecule has 1 aliphatic heterocycles. The minimum absolute atomic E-state index is 0.185. The maximum atomic E-state index is 12.4. The Labute approximate surface area is 178 Å². The highest BCUT2D eigenvalue weighted by Gasteiger charge is 2.25. The van der Waals surface area contributed by atoms with E-state index in [-0.39, 0.29) is 18.4 Å². The molecule has 0 aromatic heterocycles. The Bertz CT molecular complexity index is 1020. The monoisotopic (exact) mass is 426 g/mol. The molecule has 0 aliphatic carbocycles. The molecule has 8 heteroatoms. The van der Waals surface area contributed by atoms with Gasteiger partial charge in [-0.25, -0.2) is 0 Å². The number of benzene rings is 2. The predicted octanol–water partition coefficient (Wildman–Crippen LogP) is 4.16. The summed E-state index contributed by atoms with van der Waals surface area (Å²) in [5.74, 6) is 0.372. The average Bonchev–Trinajstić information content (AvgIpc) is 3.03. The van der Waals surface area contributed by atoms with Gasteiger partial charge in [-0.3, -0.25) is 19.7 Å². The highest BCUT2D eigenvalue weighted by molar-refractivity contribution is 8.18. The van der Waals surface area contributed by atoms with E-state index in [0.29, 0.717) is 22.0 Å². The van der Waals surface area contributed by atoms with E-state index in [1.165, 1.54) is 7.11 Å². The fraction of sp³-hybridized carbons (Fsp3) is 0.227. The molecule has 1 aliphatic rings. The fourth-order valence-electron chi connectivity index (χ4n) is 2.91. The first-order chi connectivity index (χ1) is 14.4. The standard InChI is InChI=1S/C22H22N2O5S/c1-13(2)15-6-4-5-7-16(15)23-20(25)12-29-17-9-8-14(10-18(17)28-3)11-19-21(26)24-22(27)30-19/h4-11,13H,12H2,1-3H3,(H,23,25)(H,24,26,27)/b19-11-. The lowest BCUT2D eigenvalue weighted by molar-refractivity contribution is -0.118. The van der Waals surface area contributed by atoms with E-state index in [9.17, 15) is 14.4 Å². The number of para-hydroxylation sites is 1. The number of carbonyl (C=O) groups is 3. The number of imide groups is 1. The van der Waals surface area contributed by atoms with Crippen molar-refractivity contribution in [3.05, 3.63) is 58.5 Å². The third kappa shape index (κ3) is 5.21. The lowest BCUT2D eigenvalue weighted by Crippen LogP contribution is -2.21. The molecule has 1 fully saturated rings. The van der Waals surface area contributed by atoms with Gasteiger partial charge in [-0.15, -0.1) is 0 Å². The van der Waals surface area contributed by atoms with E-state index in [1.54, 1.807) is 24.3 Å². The molecule has 1 saturated heterocycles. The van der Waals surface area contributed by atoms with Crippen molar-refractivity contribution >= 4 is 40.6 Å². The molecule has 2 N–H and O–H groups in total. The van der Waals surface area contributed by atoms with Crippen molar-refractivity contribution in [2.45, 2.75) is 19.8 Å². The van der Waals surface area contributed by atoms with Crippen molar-refractivity contribution < 1.29 is 23.9 Å². The molecule has 0 bridgehead atoms. The Morgan fingerprint density at radius 1 is 1.17 bits per heavy atom. The number of hydrogen-bond donors (Lipinski definition) is 2. The summed E-state index contributed by atoms with van der Waals surface area (Å²) in [6.07, 6.45) is 1.59. The summed E-state index contributed by atoms with van der Waals surface area (Å²) in [6, 6.07) is 12.7. The van der Waals surface area contributed by atoms with Crippen LogP contribution in [0.1, 0.15) is 30.9 Å². The Morgan fingerprint density at radius 2 is 1.93 bits per heavy atom. The van der Waals surface area contributed by atoms with Crippen molar-refractivity contribution in [1.29, 1.82) is 0 Å². The van der Waals surface area contributed by atoms with Gasteiger partial charge >= 0.3 is 0 Å². The zero-order valence-corrected chi connectivity index (χ0v) is 17.7. The first kappa shape index (κ1) is 21.4. The topological polar surface area (TPSA) is 93.7 Å². The molecule has 156 valence electrons. The summed E-state index contributed by atoms with van der Waals surface area (Å²) in [5, 5.41) is 4.68. The summed E-state index contributed by atoms with van der Waals surface area (Å²) < 4.78 is 11.0. The van der Waals surface area contributed by atoms with Crippen molar-refractivity contribution in [1.82, 2.24) is 5.32 Å². The van der Waals surface area contributed by atoms with Crippen LogP contribution < -0.4 is 20.1 Å². The summed E-state index contributed by atoms with van der Waals surface area (Å²) in [5.41, 5.74) is 2.48. The van der Waals surface area contributed by atoms with Crippen LogP contribution in [-0.4, -0.2) is 30.8 Å². The zero-order chi connectivity index (χ0) is 21.7. The van der Waals surface area contributed by atoms with Crippen LogP contribution in [0.4, 0.5) is 10.5 Å². The number of amides is 3. The number of carbonyl (C=O) groups excluding carboxylic acids is 3. The Kier molecular flexibility index (Phi) is 6.79. The normalized spacial score (nSPS) is 14.7. The van der Waals surface area contributed by atoms with Gasteiger partial charge < -0.3 is 14.8 Å². The number of thioether (sulfide) groups is 1. The Balaban J connectivity index is 1.67. The molecular formula is C22H22N2O5S. The quantitative estimate of drug-likeness (QED) is 0.646. The summed E-state index contributed by atoms with van der Waals surface area (Å²) in [6.45, 7) is 3.94. The maximum Gasteiger partial charge on any atom is 0.290 e. The molecular weight excluding hydrogens is 404 g/mol. The summed E-state index contributed by atoms with van der Waals surface area (Å²) >= 11 is 0.841. The van der Waals surface area contributed by atoms with Crippen LogP contribution >= 0.6 is 11.8 Å². The molecule has 3 amide bonds. The van der Waals surface area contributed by atoms with Crippen molar-refractivity contribution in [2.75, 3.05) is 19.0 Å². The lowest BCUT2D eigenvalue weighted by atomic mass is 10.0. The zero-order valence-electron chi connectivity index (χ0n) is 16.9. The number of nitrogens with one attached hydrogen (secondary N) is 2. The van der Waals surface area contributed by atoms with Crippen molar-refractivity contribution in [3.8, 4) is 11.5 Å². The van der Waals surface area contributed by atoms with Crippen LogP contribution in [0.2, 0.25) is 0 Å². The SMILES string of the molecule is COc1cc(/C=C2\SC(=O)NC2=O)ccc1OCC(=O)Nc1ccccc1C(C)C.